The molecule has 21 heavy (non-hydrogen) atoms. The van der Waals surface area contributed by atoms with Gasteiger partial charge in [0.1, 0.15) is 6.54 Å². The summed E-state index contributed by atoms with van der Waals surface area (Å²) in [5.74, 6) is -1.58. The third-order valence-corrected chi connectivity index (χ3v) is 3.42. The van der Waals surface area contributed by atoms with Gasteiger partial charge in [-0.25, -0.2) is 9.48 Å². The van der Waals surface area contributed by atoms with E-state index in [9.17, 15) is 9.59 Å². The zero-order valence-electron chi connectivity index (χ0n) is 10.8. The second-order valence-electron chi connectivity index (χ2n) is 4.16. The molecule has 0 fully saturated rings. The molecule has 2 aromatic rings. The molecule has 2 rings (SSSR count). The molecule has 1 aromatic heterocycles. The van der Waals surface area contributed by atoms with E-state index in [2.05, 4.69) is 15.6 Å². The minimum Gasteiger partial charge on any atom is -0.476 e. The monoisotopic (exact) mass is 328 g/mol. The Kier molecular flexibility index (Phi) is 4.44. The van der Waals surface area contributed by atoms with E-state index in [4.69, 9.17) is 28.3 Å². The molecule has 0 aliphatic heterocycles. The second kappa shape index (κ2) is 6.11. The van der Waals surface area contributed by atoms with Gasteiger partial charge in [0.2, 0.25) is 5.91 Å². The Morgan fingerprint density at radius 2 is 2.05 bits per heavy atom. The standard InChI is InChI=1S/C12H10Cl2N4O3/c1-6-11(12(20)21)16-17-18(6)5-10(19)15-7-2-3-8(13)9(14)4-7/h2-4H,5H2,1H3,(H,15,19)(H,20,21). The highest BCUT2D eigenvalue weighted by atomic mass is 35.5. The summed E-state index contributed by atoms with van der Waals surface area (Å²) in [6.07, 6.45) is 0. The molecule has 0 aliphatic carbocycles. The number of amides is 1. The lowest BCUT2D eigenvalue weighted by Gasteiger charge is -2.07. The molecule has 0 bridgehead atoms. The number of nitrogens with zero attached hydrogens (tertiary/aromatic N) is 3. The maximum atomic E-state index is 11.9. The van der Waals surface area contributed by atoms with Crippen LogP contribution < -0.4 is 5.32 Å². The number of carbonyl (C=O) groups excluding carboxylic acids is 1. The zero-order chi connectivity index (χ0) is 15.6. The quantitative estimate of drug-likeness (QED) is 0.896. The van der Waals surface area contributed by atoms with E-state index in [0.717, 1.165) is 0 Å². The molecule has 1 aromatic carbocycles. The van der Waals surface area contributed by atoms with Crippen molar-refractivity contribution >= 4 is 40.8 Å². The molecule has 0 aliphatic rings. The van der Waals surface area contributed by atoms with Gasteiger partial charge in [0.25, 0.3) is 0 Å². The fourth-order valence-corrected chi connectivity index (χ4v) is 1.92. The molecule has 0 spiro atoms. The molecule has 1 amide bonds. The smallest absolute Gasteiger partial charge is 0.358 e. The number of hydrogen-bond donors (Lipinski definition) is 2. The summed E-state index contributed by atoms with van der Waals surface area (Å²) >= 11 is 11.6. The van der Waals surface area contributed by atoms with Crippen molar-refractivity contribution in [3.8, 4) is 0 Å². The first kappa shape index (κ1) is 15.3. The van der Waals surface area contributed by atoms with Crippen LogP contribution in [0.1, 0.15) is 16.2 Å². The third kappa shape index (κ3) is 3.50. The predicted molar refractivity (Wildman–Crippen MR) is 76.8 cm³/mol. The number of aromatic carboxylic acids is 1. The molecule has 110 valence electrons. The topological polar surface area (TPSA) is 97.1 Å². The number of rotatable bonds is 4. The van der Waals surface area contributed by atoms with Crippen molar-refractivity contribution in [2.24, 2.45) is 0 Å². The molecular formula is C12H10Cl2N4O3. The summed E-state index contributed by atoms with van der Waals surface area (Å²) in [6.45, 7) is 1.36. The van der Waals surface area contributed by atoms with Crippen LogP contribution in [-0.2, 0) is 11.3 Å². The highest BCUT2D eigenvalue weighted by Crippen LogP contribution is 2.24. The number of hydrogen-bond acceptors (Lipinski definition) is 4. The second-order valence-corrected chi connectivity index (χ2v) is 4.98. The van der Waals surface area contributed by atoms with Gasteiger partial charge in [0.05, 0.1) is 15.7 Å². The van der Waals surface area contributed by atoms with Crippen LogP contribution in [0.5, 0.6) is 0 Å². The number of anilines is 1. The molecule has 0 saturated carbocycles. The molecule has 0 radical (unpaired) electrons. The first-order valence-corrected chi connectivity index (χ1v) is 6.52. The number of halogens is 2. The summed E-state index contributed by atoms with van der Waals surface area (Å²) < 4.78 is 1.20. The number of aromatic nitrogens is 3. The predicted octanol–water partition coefficient (Wildman–Crippen LogP) is 2.23. The number of nitrogens with one attached hydrogen (secondary N) is 1. The normalized spacial score (nSPS) is 10.4. The van der Waals surface area contributed by atoms with Crippen LogP contribution in [0, 0.1) is 6.92 Å². The first-order chi connectivity index (χ1) is 9.88. The number of carboxylic acid groups (broad SMARTS) is 1. The average Bonchev–Trinajstić information content (AvgIpc) is 2.75. The largest absolute Gasteiger partial charge is 0.476 e. The van der Waals surface area contributed by atoms with Gasteiger partial charge in [-0.2, -0.15) is 0 Å². The van der Waals surface area contributed by atoms with Gasteiger partial charge >= 0.3 is 5.97 Å². The minimum absolute atomic E-state index is 0.160. The molecule has 1 heterocycles. The van der Waals surface area contributed by atoms with E-state index in [1.54, 1.807) is 12.1 Å². The molecule has 0 unspecified atom stereocenters. The van der Waals surface area contributed by atoms with Crippen molar-refractivity contribution in [3.63, 3.8) is 0 Å². The molecular weight excluding hydrogens is 319 g/mol. The maximum absolute atomic E-state index is 11.9. The van der Waals surface area contributed by atoms with Crippen molar-refractivity contribution in [2.75, 3.05) is 5.32 Å². The Labute approximate surface area is 129 Å². The van der Waals surface area contributed by atoms with Gasteiger partial charge < -0.3 is 10.4 Å². The Morgan fingerprint density at radius 3 is 2.62 bits per heavy atom. The maximum Gasteiger partial charge on any atom is 0.358 e. The summed E-state index contributed by atoms with van der Waals surface area (Å²) in [5.41, 5.74) is 0.592. The lowest BCUT2D eigenvalue weighted by atomic mass is 10.3. The zero-order valence-corrected chi connectivity index (χ0v) is 12.3. The van der Waals surface area contributed by atoms with Crippen LogP contribution in [0.2, 0.25) is 10.0 Å². The third-order valence-electron chi connectivity index (χ3n) is 2.68. The van der Waals surface area contributed by atoms with Gasteiger partial charge in [0.15, 0.2) is 5.69 Å². The lowest BCUT2D eigenvalue weighted by Crippen LogP contribution is -2.20. The van der Waals surface area contributed by atoms with Crippen molar-refractivity contribution in [1.29, 1.82) is 0 Å². The first-order valence-electron chi connectivity index (χ1n) is 5.76. The summed E-state index contributed by atoms with van der Waals surface area (Å²) in [5, 5.41) is 19.3. The molecule has 2 N–H and O–H groups in total. The van der Waals surface area contributed by atoms with Crippen LogP contribution in [0.15, 0.2) is 18.2 Å². The van der Waals surface area contributed by atoms with Crippen LogP contribution in [-0.4, -0.2) is 32.0 Å². The number of benzene rings is 1. The van der Waals surface area contributed by atoms with Gasteiger partial charge in [-0.3, -0.25) is 4.79 Å². The molecule has 0 atom stereocenters. The average molecular weight is 329 g/mol. The van der Waals surface area contributed by atoms with E-state index in [1.165, 1.54) is 17.7 Å². The van der Waals surface area contributed by atoms with Gasteiger partial charge in [-0.15, -0.1) is 5.10 Å². The lowest BCUT2D eigenvalue weighted by molar-refractivity contribution is -0.117. The van der Waals surface area contributed by atoms with Crippen molar-refractivity contribution in [2.45, 2.75) is 13.5 Å². The van der Waals surface area contributed by atoms with Gasteiger partial charge in [0, 0.05) is 5.69 Å². The van der Waals surface area contributed by atoms with Crippen molar-refractivity contribution < 1.29 is 14.7 Å². The van der Waals surface area contributed by atoms with Crippen LogP contribution in [0.3, 0.4) is 0 Å². The fourth-order valence-electron chi connectivity index (χ4n) is 1.62. The molecule has 0 saturated heterocycles. The van der Waals surface area contributed by atoms with Crippen molar-refractivity contribution in [1.82, 2.24) is 15.0 Å². The van der Waals surface area contributed by atoms with E-state index in [0.29, 0.717) is 21.4 Å². The summed E-state index contributed by atoms with van der Waals surface area (Å²) in [7, 11) is 0. The Hall–Kier alpha value is -2.12. The Morgan fingerprint density at radius 1 is 1.33 bits per heavy atom. The number of carboxylic acids is 1. The van der Waals surface area contributed by atoms with Gasteiger partial charge in [-0.05, 0) is 25.1 Å². The van der Waals surface area contributed by atoms with Gasteiger partial charge in [-0.1, -0.05) is 28.4 Å². The van der Waals surface area contributed by atoms with E-state index in [1.807, 2.05) is 0 Å². The molecule has 9 heteroatoms. The minimum atomic E-state index is -1.19. The van der Waals surface area contributed by atoms with Crippen molar-refractivity contribution in [3.05, 3.63) is 39.6 Å². The van der Waals surface area contributed by atoms with E-state index in [-0.39, 0.29) is 12.2 Å². The fraction of sp³-hybridized carbons (Fsp3) is 0.167. The van der Waals surface area contributed by atoms with Crippen LogP contribution in [0.4, 0.5) is 5.69 Å². The number of carbonyl (C=O) groups is 2. The highest BCUT2D eigenvalue weighted by Gasteiger charge is 2.16. The molecule has 7 nitrogen and oxygen atoms in total. The van der Waals surface area contributed by atoms with Crippen LogP contribution in [0.25, 0.3) is 0 Å². The van der Waals surface area contributed by atoms with E-state index < -0.39 is 11.9 Å². The summed E-state index contributed by atoms with van der Waals surface area (Å²) in [4.78, 5) is 22.7. The van der Waals surface area contributed by atoms with Crippen LogP contribution >= 0.6 is 23.2 Å². The highest BCUT2D eigenvalue weighted by molar-refractivity contribution is 6.42. The Balaban J connectivity index is 2.08. The van der Waals surface area contributed by atoms with E-state index >= 15 is 0 Å². The Bertz CT molecular complexity index is 715. The summed E-state index contributed by atoms with van der Waals surface area (Å²) in [6, 6.07) is 4.67. The SMILES string of the molecule is Cc1c(C(=O)O)nnn1CC(=O)Nc1ccc(Cl)c(Cl)c1.